The SMILES string of the molecule is CC#N.CCSc1nnn[nH]1. The van der Waals surface area contributed by atoms with Crippen LogP contribution in [0.25, 0.3) is 0 Å². The standard InChI is InChI=1S/C3H6N4S.C2H3N/c1-2-8-3-4-6-7-5-3;1-2-3/h2H2,1H3,(H,4,5,6,7);1H3. The van der Waals surface area contributed by atoms with Gasteiger partial charge < -0.3 is 0 Å². The fraction of sp³-hybridized carbons (Fsp3) is 0.600. The molecule has 0 radical (unpaired) electrons. The number of nitrogens with zero attached hydrogens (tertiary/aromatic N) is 4. The van der Waals surface area contributed by atoms with Gasteiger partial charge in [-0.2, -0.15) is 5.26 Å². The molecule has 0 aliphatic carbocycles. The van der Waals surface area contributed by atoms with Crippen LogP contribution in [0.5, 0.6) is 0 Å². The third-order valence-corrected chi connectivity index (χ3v) is 1.34. The zero-order valence-corrected chi connectivity index (χ0v) is 7.22. The van der Waals surface area contributed by atoms with Gasteiger partial charge in [0.25, 0.3) is 0 Å². The first-order valence-corrected chi connectivity index (χ1v) is 4.01. The zero-order valence-electron chi connectivity index (χ0n) is 6.40. The smallest absolute Gasteiger partial charge is 0.206 e. The molecule has 1 aromatic heterocycles. The van der Waals surface area contributed by atoms with Crippen molar-refractivity contribution in [3.05, 3.63) is 0 Å². The molecule has 0 atom stereocenters. The van der Waals surface area contributed by atoms with Gasteiger partial charge in [0, 0.05) is 6.92 Å². The first-order chi connectivity index (χ1) is 5.35. The molecule has 6 heteroatoms. The summed E-state index contributed by atoms with van der Waals surface area (Å²) in [6.07, 6.45) is 0. The number of nitriles is 1. The lowest BCUT2D eigenvalue weighted by Gasteiger charge is -1.82. The van der Waals surface area contributed by atoms with Gasteiger partial charge in [0.2, 0.25) is 5.16 Å². The molecular weight excluding hydrogens is 162 g/mol. The fourth-order valence-corrected chi connectivity index (χ4v) is 0.821. The van der Waals surface area contributed by atoms with Crippen LogP contribution < -0.4 is 0 Å². The predicted octanol–water partition coefficient (Wildman–Crippen LogP) is 0.842. The van der Waals surface area contributed by atoms with E-state index < -0.39 is 0 Å². The fourth-order valence-electron chi connectivity index (χ4n) is 0.348. The Morgan fingerprint density at radius 3 is 2.73 bits per heavy atom. The molecule has 11 heavy (non-hydrogen) atoms. The van der Waals surface area contributed by atoms with Gasteiger partial charge in [0.15, 0.2) is 0 Å². The molecule has 0 aromatic carbocycles. The van der Waals surface area contributed by atoms with Crippen molar-refractivity contribution in [3.63, 3.8) is 0 Å². The van der Waals surface area contributed by atoms with Gasteiger partial charge in [-0.3, -0.25) is 0 Å². The molecule has 5 nitrogen and oxygen atoms in total. The van der Waals surface area contributed by atoms with Crippen LogP contribution in [-0.2, 0) is 0 Å². The lowest BCUT2D eigenvalue weighted by molar-refractivity contribution is 0.881. The van der Waals surface area contributed by atoms with Crippen LogP contribution in [0.1, 0.15) is 13.8 Å². The molecule has 1 N–H and O–H groups in total. The monoisotopic (exact) mass is 171 g/mol. The van der Waals surface area contributed by atoms with E-state index in [9.17, 15) is 0 Å². The summed E-state index contributed by atoms with van der Waals surface area (Å²) in [5, 5.41) is 21.2. The summed E-state index contributed by atoms with van der Waals surface area (Å²) < 4.78 is 0. The molecule has 0 unspecified atom stereocenters. The van der Waals surface area contributed by atoms with Crippen molar-refractivity contribution in [3.8, 4) is 6.07 Å². The number of nitrogens with one attached hydrogen (secondary N) is 1. The van der Waals surface area contributed by atoms with Crippen LogP contribution >= 0.6 is 11.8 Å². The summed E-state index contributed by atoms with van der Waals surface area (Å²) in [6, 6.07) is 1.75. The molecule has 0 bridgehead atoms. The van der Waals surface area contributed by atoms with Crippen LogP contribution in [0.2, 0.25) is 0 Å². The number of rotatable bonds is 2. The maximum absolute atomic E-state index is 7.32. The molecule has 0 aliphatic rings. The van der Waals surface area contributed by atoms with Crippen molar-refractivity contribution >= 4 is 11.8 Å². The highest BCUT2D eigenvalue weighted by Gasteiger charge is 1.91. The van der Waals surface area contributed by atoms with Crippen molar-refractivity contribution < 1.29 is 0 Å². The predicted molar refractivity (Wildman–Crippen MR) is 41.9 cm³/mol. The largest absolute Gasteiger partial charge is 0.234 e. The summed E-state index contributed by atoms with van der Waals surface area (Å²) in [5.74, 6) is 0.997. The highest BCUT2D eigenvalue weighted by Crippen LogP contribution is 2.06. The Kier molecular flexibility index (Phi) is 6.33. The van der Waals surface area contributed by atoms with E-state index in [-0.39, 0.29) is 0 Å². The van der Waals surface area contributed by atoms with Crippen LogP contribution in [0.15, 0.2) is 5.16 Å². The van der Waals surface area contributed by atoms with Crippen LogP contribution in [-0.4, -0.2) is 26.4 Å². The molecule has 1 rings (SSSR count). The molecule has 0 saturated heterocycles. The number of hydrogen-bond acceptors (Lipinski definition) is 5. The molecule has 0 fully saturated rings. The van der Waals surface area contributed by atoms with E-state index in [4.69, 9.17) is 5.26 Å². The normalized spacial score (nSPS) is 7.73. The van der Waals surface area contributed by atoms with Crippen LogP contribution in [0, 0.1) is 11.3 Å². The van der Waals surface area contributed by atoms with E-state index in [1.807, 2.05) is 6.92 Å². The molecule has 0 aliphatic heterocycles. The van der Waals surface area contributed by atoms with E-state index in [2.05, 4.69) is 20.6 Å². The number of tetrazole rings is 1. The van der Waals surface area contributed by atoms with Crippen molar-refractivity contribution in [2.24, 2.45) is 0 Å². The molecule has 60 valence electrons. The number of H-pyrrole nitrogens is 1. The van der Waals surface area contributed by atoms with E-state index >= 15 is 0 Å². The molecule has 0 saturated carbocycles. The van der Waals surface area contributed by atoms with Gasteiger partial charge in [0.1, 0.15) is 0 Å². The number of hydrogen-bond donors (Lipinski definition) is 1. The minimum Gasteiger partial charge on any atom is -0.234 e. The lowest BCUT2D eigenvalue weighted by Crippen LogP contribution is -1.73. The average Bonchev–Trinajstić information content (AvgIpc) is 2.42. The Hall–Kier alpha value is -1.09. The first kappa shape index (κ1) is 9.91. The van der Waals surface area contributed by atoms with Crippen molar-refractivity contribution in [1.82, 2.24) is 20.6 Å². The van der Waals surface area contributed by atoms with E-state index in [0.717, 1.165) is 10.9 Å². The Labute approximate surface area is 69.2 Å². The number of aromatic amines is 1. The minimum atomic E-state index is 0.785. The maximum atomic E-state index is 7.32. The van der Waals surface area contributed by atoms with E-state index in [1.165, 1.54) is 6.92 Å². The molecule has 1 heterocycles. The minimum absolute atomic E-state index is 0.785. The van der Waals surface area contributed by atoms with Crippen molar-refractivity contribution in [2.45, 2.75) is 19.0 Å². The Balaban J connectivity index is 0.000000292. The van der Waals surface area contributed by atoms with Gasteiger partial charge in [-0.1, -0.05) is 18.7 Å². The second kappa shape index (κ2) is 7.02. The van der Waals surface area contributed by atoms with Gasteiger partial charge >= 0.3 is 0 Å². The summed E-state index contributed by atoms with van der Waals surface area (Å²) in [7, 11) is 0. The zero-order chi connectivity index (χ0) is 8.53. The Morgan fingerprint density at radius 2 is 2.36 bits per heavy atom. The highest BCUT2D eigenvalue weighted by atomic mass is 32.2. The number of thioether (sulfide) groups is 1. The summed E-state index contributed by atoms with van der Waals surface area (Å²) in [6.45, 7) is 3.48. The third-order valence-electron chi connectivity index (χ3n) is 0.607. The maximum Gasteiger partial charge on any atom is 0.206 e. The Bertz CT molecular complexity index is 201. The van der Waals surface area contributed by atoms with E-state index in [0.29, 0.717) is 0 Å². The average molecular weight is 171 g/mol. The van der Waals surface area contributed by atoms with Gasteiger partial charge in [-0.05, 0) is 16.2 Å². The first-order valence-electron chi connectivity index (χ1n) is 3.02. The molecular formula is C5H9N5S. The summed E-state index contributed by atoms with van der Waals surface area (Å²) in [4.78, 5) is 0. The van der Waals surface area contributed by atoms with Crippen LogP contribution in [0.3, 0.4) is 0 Å². The van der Waals surface area contributed by atoms with Crippen molar-refractivity contribution in [1.29, 1.82) is 5.26 Å². The van der Waals surface area contributed by atoms with E-state index in [1.54, 1.807) is 17.8 Å². The summed E-state index contributed by atoms with van der Waals surface area (Å²) >= 11 is 1.59. The third kappa shape index (κ3) is 5.36. The second-order valence-electron chi connectivity index (χ2n) is 1.36. The highest BCUT2D eigenvalue weighted by molar-refractivity contribution is 7.99. The Morgan fingerprint density at radius 1 is 1.73 bits per heavy atom. The van der Waals surface area contributed by atoms with Crippen LogP contribution in [0.4, 0.5) is 0 Å². The lowest BCUT2D eigenvalue weighted by atomic mass is 11.0. The van der Waals surface area contributed by atoms with Gasteiger partial charge in [-0.15, -0.1) is 5.10 Å². The second-order valence-corrected chi connectivity index (χ2v) is 2.62. The van der Waals surface area contributed by atoms with Crippen molar-refractivity contribution in [2.75, 3.05) is 5.75 Å². The number of aromatic nitrogens is 4. The topological polar surface area (TPSA) is 78.2 Å². The van der Waals surface area contributed by atoms with Gasteiger partial charge in [-0.25, -0.2) is 5.10 Å². The molecule has 0 spiro atoms. The van der Waals surface area contributed by atoms with Gasteiger partial charge in [0.05, 0.1) is 6.07 Å². The molecule has 0 amide bonds. The summed E-state index contributed by atoms with van der Waals surface area (Å²) in [5.41, 5.74) is 0. The quantitative estimate of drug-likeness (QED) is 0.667. The molecule has 1 aromatic rings.